The van der Waals surface area contributed by atoms with Crippen molar-refractivity contribution in [2.24, 2.45) is 0 Å². The minimum atomic E-state index is -0.230. The first-order valence-corrected chi connectivity index (χ1v) is 8.57. The highest BCUT2D eigenvalue weighted by atomic mass is 32.1. The van der Waals surface area contributed by atoms with Crippen LogP contribution in [0.2, 0.25) is 0 Å². The van der Waals surface area contributed by atoms with Crippen molar-refractivity contribution in [2.45, 2.75) is 6.17 Å². The van der Waals surface area contributed by atoms with E-state index in [4.69, 9.17) is 4.74 Å². The van der Waals surface area contributed by atoms with Crippen molar-refractivity contribution in [3.63, 3.8) is 0 Å². The van der Waals surface area contributed by atoms with E-state index in [0.717, 1.165) is 22.7 Å². The lowest BCUT2D eigenvalue weighted by atomic mass is 10.0. The van der Waals surface area contributed by atoms with Crippen molar-refractivity contribution in [1.82, 2.24) is 0 Å². The third-order valence-corrected chi connectivity index (χ3v) is 4.84. The molecule has 120 valence electrons. The van der Waals surface area contributed by atoms with Crippen LogP contribution in [0.1, 0.15) is 22.1 Å². The summed E-state index contributed by atoms with van der Waals surface area (Å²) in [6.07, 6.45) is -0.230. The number of benzene rings is 2. The molecule has 24 heavy (non-hydrogen) atoms. The highest BCUT2D eigenvalue weighted by Crippen LogP contribution is 2.37. The predicted octanol–water partition coefficient (Wildman–Crippen LogP) is 4.53. The molecule has 0 radical (unpaired) electrons. The van der Waals surface area contributed by atoms with Gasteiger partial charge in [-0.1, -0.05) is 12.1 Å². The maximum Gasteiger partial charge on any atom is 0.262 e. The van der Waals surface area contributed by atoms with E-state index in [1.807, 2.05) is 60.0 Å². The van der Waals surface area contributed by atoms with Crippen molar-refractivity contribution >= 4 is 28.6 Å². The largest absolute Gasteiger partial charge is 0.497 e. The summed E-state index contributed by atoms with van der Waals surface area (Å²) in [5, 5.41) is 7.57. The van der Waals surface area contributed by atoms with Gasteiger partial charge in [0.05, 0.1) is 12.7 Å². The van der Waals surface area contributed by atoms with Gasteiger partial charge in [0.1, 0.15) is 11.9 Å². The fourth-order valence-electron chi connectivity index (χ4n) is 2.93. The molecule has 0 bridgehead atoms. The maximum absolute atomic E-state index is 13.1. The van der Waals surface area contributed by atoms with Gasteiger partial charge in [0.2, 0.25) is 0 Å². The molecule has 1 amide bonds. The van der Waals surface area contributed by atoms with Crippen molar-refractivity contribution < 1.29 is 9.53 Å². The van der Waals surface area contributed by atoms with Gasteiger partial charge >= 0.3 is 0 Å². The van der Waals surface area contributed by atoms with Crippen LogP contribution >= 0.6 is 11.3 Å². The Kier molecular flexibility index (Phi) is 3.70. The number of amides is 1. The summed E-state index contributed by atoms with van der Waals surface area (Å²) in [4.78, 5) is 14.9. The SMILES string of the molecule is COc1ccc(N2C(=O)c3ccccc3N[C@@H]2c2ccsc2)cc1. The Balaban J connectivity index is 1.82. The molecule has 5 heteroatoms. The van der Waals surface area contributed by atoms with Crippen molar-refractivity contribution in [2.75, 3.05) is 17.3 Å². The second-order valence-electron chi connectivity index (χ2n) is 5.52. The number of hydrogen-bond donors (Lipinski definition) is 1. The van der Waals surface area contributed by atoms with Crippen LogP contribution in [-0.4, -0.2) is 13.0 Å². The van der Waals surface area contributed by atoms with Crippen molar-refractivity contribution in [3.8, 4) is 5.75 Å². The number of hydrogen-bond acceptors (Lipinski definition) is 4. The molecule has 1 aliphatic heterocycles. The van der Waals surface area contributed by atoms with E-state index in [9.17, 15) is 4.79 Å². The lowest BCUT2D eigenvalue weighted by Gasteiger charge is -2.37. The van der Waals surface area contributed by atoms with Gasteiger partial charge in [0.25, 0.3) is 5.91 Å². The minimum absolute atomic E-state index is 0.00860. The third kappa shape index (κ3) is 2.43. The monoisotopic (exact) mass is 336 g/mol. The van der Waals surface area contributed by atoms with Crippen LogP contribution in [0.25, 0.3) is 0 Å². The summed E-state index contributed by atoms with van der Waals surface area (Å²) >= 11 is 1.62. The molecule has 0 spiro atoms. The molecule has 3 aromatic rings. The summed E-state index contributed by atoms with van der Waals surface area (Å²) in [6.45, 7) is 0. The van der Waals surface area contributed by atoms with Crippen LogP contribution in [-0.2, 0) is 0 Å². The van der Waals surface area contributed by atoms with E-state index in [0.29, 0.717) is 5.56 Å². The molecule has 4 nitrogen and oxygen atoms in total. The molecule has 0 saturated carbocycles. The lowest BCUT2D eigenvalue weighted by Crippen LogP contribution is -2.43. The first-order chi connectivity index (χ1) is 11.8. The molecule has 1 aromatic heterocycles. The molecule has 0 unspecified atom stereocenters. The second kappa shape index (κ2) is 6.02. The highest BCUT2D eigenvalue weighted by molar-refractivity contribution is 7.08. The smallest absolute Gasteiger partial charge is 0.262 e. The zero-order valence-corrected chi connectivity index (χ0v) is 13.9. The number of nitrogens with one attached hydrogen (secondary N) is 1. The zero-order chi connectivity index (χ0) is 16.5. The maximum atomic E-state index is 13.1. The van der Waals surface area contributed by atoms with Gasteiger partial charge in [-0.25, -0.2) is 0 Å². The number of anilines is 2. The average Bonchev–Trinajstić information content (AvgIpc) is 3.16. The summed E-state index contributed by atoms with van der Waals surface area (Å²) in [6, 6.07) is 17.2. The van der Waals surface area contributed by atoms with Gasteiger partial charge in [-0.3, -0.25) is 9.69 Å². The first-order valence-electron chi connectivity index (χ1n) is 7.63. The third-order valence-electron chi connectivity index (χ3n) is 4.14. The first kappa shape index (κ1) is 14.8. The average molecular weight is 336 g/mol. The van der Waals surface area contributed by atoms with Crippen LogP contribution in [0, 0.1) is 0 Å². The highest BCUT2D eigenvalue weighted by Gasteiger charge is 2.34. The van der Waals surface area contributed by atoms with Crippen LogP contribution < -0.4 is 15.0 Å². The Morgan fingerprint density at radius 3 is 2.58 bits per heavy atom. The Labute approximate surface area is 144 Å². The van der Waals surface area contributed by atoms with Gasteiger partial charge in [0, 0.05) is 16.9 Å². The number of thiophene rings is 1. The summed E-state index contributed by atoms with van der Waals surface area (Å²) in [5.41, 5.74) is 3.45. The molecule has 1 N–H and O–H groups in total. The number of para-hydroxylation sites is 1. The molecule has 4 rings (SSSR count). The normalized spacial score (nSPS) is 16.5. The van der Waals surface area contributed by atoms with Gasteiger partial charge in [0.15, 0.2) is 0 Å². The predicted molar refractivity (Wildman–Crippen MR) is 96.9 cm³/mol. The Bertz CT molecular complexity index is 859. The number of nitrogens with zero attached hydrogens (tertiary/aromatic N) is 1. The van der Waals surface area contributed by atoms with Crippen LogP contribution in [0.15, 0.2) is 65.4 Å². The van der Waals surface area contributed by atoms with Crippen LogP contribution in [0.3, 0.4) is 0 Å². The lowest BCUT2D eigenvalue weighted by molar-refractivity contribution is 0.0975. The quantitative estimate of drug-likeness (QED) is 0.764. The van der Waals surface area contributed by atoms with Crippen LogP contribution in [0.5, 0.6) is 5.75 Å². The summed E-state index contributed by atoms with van der Waals surface area (Å²) in [7, 11) is 1.63. The number of ether oxygens (including phenoxy) is 1. The van der Waals surface area contributed by atoms with Gasteiger partial charge < -0.3 is 10.1 Å². The fourth-order valence-corrected chi connectivity index (χ4v) is 3.61. The molecule has 1 aliphatic rings. The Hall–Kier alpha value is -2.79. The molecule has 0 fully saturated rings. The van der Waals surface area contributed by atoms with E-state index in [2.05, 4.69) is 10.7 Å². The van der Waals surface area contributed by atoms with Gasteiger partial charge in [-0.15, -0.1) is 0 Å². The van der Waals surface area contributed by atoms with Crippen LogP contribution in [0.4, 0.5) is 11.4 Å². The number of carbonyl (C=O) groups is 1. The molecule has 0 aliphatic carbocycles. The number of fused-ring (bicyclic) bond motifs is 1. The standard InChI is InChI=1S/C19H16N2O2S/c1-23-15-8-6-14(7-9-15)21-18(13-10-11-24-12-13)20-17-5-3-2-4-16(17)19(21)22/h2-12,18,20H,1H3/t18-/m0/s1. The molecule has 1 atom stereocenters. The molecule has 2 heterocycles. The summed E-state index contributed by atoms with van der Waals surface area (Å²) in [5.74, 6) is 0.759. The fraction of sp³-hybridized carbons (Fsp3) is 0.105. The van der Waals surface area contributed by atoms with Gasteiger partial charge in [-0.05, 0) is 53.2 Å². The summed E-state index contributed by atoms with van der Waals surface area (Å²) < 4.78 is 5.22. The van der Waals surface area contributed by atoms with E-state index in [1.54, 1.807) is 23.3 Å². The number of carbonyl (C=O) groups excluding carboxylic acids is 1. The minimum Gasteiger partial charge on any atom is -0.497 e. The van der Waals surface area contributed by atoms with E-state index in [1.165, 1.54) is 0 Å². The Morgan fingerprint density at radius 1 is 1.08 bits per heavy atom. The Morgan fingerprint density at radius 2 is 1.88 bits per heavy atom. The van der Waals surface area contributed by atoms with Crippen molar-refractivity contribution in [1.29, 1.82) is 0 Å². The van der Waals surface area contributed by atoms with E-state index < -0.39 is 0 Å². The number of rotatable bonds is 3. The molecular weight excluding hydrogens is 320 g/mol. The van der Waals surface area contributed by atoms with Crippen molar-refractivity contribution in [3.05, 3.63) is 76.5 Å². The molecule has 2 aromatic carbocycles. The second-order valence-corrected chi connectivity index (χ2v) is 6.30. The molecular formula is C19H16N2O2S. The number of methoxy groups -OCH3 is 1. The molecule has 0 saturated heterocycles. The topological polar surface area (TPSA) is 41.6 Å². The van der Waals surface area contributed by atoms with E-state index in [-0.39, 0.29) is 12.1 Å². The van der Waals surface area contributed by atoms with Gasteiger partial charge in [-0.2, -0.15) is 11.3 Å². The zero-order valence-electron chi connectivity index (χ0n) is 13.1. The van der Waals surface area contributed by atoms with E-state index >= 15 is 0 Å².